The van der Waals surface area contributed by atoms with Gasteiger partial charge in [-0.2, -0.15) is 18.2 Å². The van der Waals surface area contributed by atoms with Gasteiger partial charge < -0.3 is 14.3 Å². The van der Waals surface area contributed by atoms with Gasteiger partial charge in [-0.15, -0.1) is 0 Å². The minimum Gasteiger partial charge on any atom is -0.337 e. The Hall–Kier alpha value is -2.91. The van der Waals surface area contributed by atoms with Crippen molar-refractivity contribution in [1.29, 1.82) is 0 Å². The van der Waals surface area contributed by atoms with Crippen LogP contribution in [-0.2, 0) is 22.3 Å². The Morgan fingerprint density at radius 3 is 2.57 bits per heavy atom. The molecule has 1 aliphatic carbocycles. The standard InChI is InChI=1S/C20H21F3N4O3/c21-20(22,23)14-6-4-5-13(11-14)17-24-16(30-25-17)12-26-9-10-27(19(29)18(26)28)15-7-2-1-3-8-15/h4-6,11,15H,1-3,7-10,12H2. The minimum atomic E-state index is -4.48. The van der Waals surface area contributed by atoms with E-state index in [-0.39, 0.29) is 29.9 Å². The number of piperazine rings is 1. The van der Waals surface area contributed by atoms with Crippen molar-refractivity contribution in [2.45, 2.75) is 50.9 Å². The largest absolute Gasteiger partial charge is 0.416 e. The molecular weight excluding hydrogens is 401 g/mol. The fraction of sp³-hybridized carbons (Fsp3) is 0.500. The van der Waals surface area contributed by atoms with E-state index in [0.717, 1.165) is 44.2 Å². The first-order chi connectivity index (χ1) is 14.3. The van der Waals surface area contributed by atoms with Gasteiger partial charge >= 0.3 is 18.0 Å². The maximum Gasteiger partial charge on any atom is 0.416 e. The summed E-state index contributed by atoms with van der Waals surface area (Å²) in [6, 6.07) is 4.73. The first-order valence-corrected chi connectivity index (χ1v) is 9.93. The molecule has 2 fully saturated rings. The van der Waals surface area contributed by atoms with Crippen LogP contribution in [0.1, 0.15) is 43.6 Å². The lowest BCUT2D eigenvalue weighted by Crippen LogP contribution is -2.57. The molecule has 1 saturated carbocycles. The van der Waals surface area contributed by atoms with Gasteiger partial charge in [0.25, 0.3) is 0 Å². The van der Waals surface area contributed by atoms with Crippen LogP contribution in [-0.4, -0.2) is 50.9 Å². The molecule has 0 N–H and O–H groups in total. The maximum absolute atomic E-state index is 12.9. The third kappa shape index (κ3) is 4.17. The fourth-order valence-corrected chi connectivity index (χ4v) is 4.02. The number of aromatic nitrogens is 2. The second-order valence-electron chi connectivity index (χ2n) is 7.61. The van der Waals surface area contributed by atoms with Crippen LogP contribution < -0.4 is 0 Å². The van der Waals surface area contributed by atoms with Crippen molar-refractivity contribution in [3.8, 4) is 11.4 Å². The number of halogens is 3. The normalized spacial score (nSPS) is 18.9. The van der Waals surface area contributed by atoms with Gasteiger partial charge in [0.15, 0.2) is 0 Å². The van der Waals surface area contributed by atoms with Gasteiger partial charge in [0, 0.05) is 24.7 Å². The number of hydrogen-bond acceptors (Lipinski definition) is 5. The van der Waals surface area contributed by atoms with Crippen molar-refractivity contribution in [2.75, 3.05) is 13.1 Å². The lowest BCUT2D eigenvalue weighted by molar-refractivity contribution is -0.158. The molecule has 7 nitrogen and oxygen atoms in total. The summed E-state index contributed by atoms with van der Waals surface area (Å²) < 4.78 is 43.8. The number of alkyl halides is 3. The predicted octanol–water partition coefficient (Wildman–Crippen LogP) is 3.26. The Kier molecular flexibility index (Phi) is 5.48. The van der Waals surface area contributed by atoms with Crippen molar-refractivity contribution >= 4 is 11.8 Å². The molecule has 30 heavy (non-hydrogen) atoms. The van der Waals surface area contributed by atoms with Gasteiger partial charge in [0.1, 0.15) is 6.54 Å². The molecule has 2 heterocycles. The molecule has 0 atom stereocenters. The lowest BCUT2D eigenvalue weighted by Gasteiger charge is -2.39. The van der Waals surface area contributed by atoms with Crippen molar-refractivity contribution < 1.29 is 27.3 Å². The van der Waals surface area contributed by atoms with Crippen LogP contribution in [0.4, 0.5) is 13.2 Å². The van der Waals surface area contributed by atoms with E-state index in [1.165, 1.54) is 17.0 Å². The monoisotopic (exact) mass is 422 g/mol. The Balaban J connectivity index is 1.43. The highest BCUT2D eigenvalue weighted by Crippen LogP contribution is 2.31. The number of hydrogen-bond donors (Lipinski definition) is 0. The van der Waals surface area contributed by atoms with Crippen LogP contribution in [0, 0.1) is 0 Å². The first kappa shape index (κ1) is 20.4. The highest BCUT2D eigenvalue weighted by atomic mass is 19.4. The molecule has 2 aliphatic rings. The smallest absolute Gasteiger partial charge is 0.337 e. The molecule has 2 amide bonds. The van der Waals surface area contributed by atoms with Crippen LogP contribution in [0.25, 0.3) is 11.4 Å². The second-order valence-corrected chi connectivity index (χ2v) is 7.61. The van der Waals surface area contributed by atoms with Crippen molar-refractivity contribution in [3.63, 3.8) is 0 Å². The minimum absolute atomic E-state index is 0.00397. The van der Waals surface area contributed by atoms with Gasteiger partial charge in [-0.3, -0.25) is 9.59 Å². The number of carbonyl (C=O) groups is 2. The molecular formula is C20H21F3N4O3. The number of benzene rings is 1. The molecule has 1 saturated heterocycles. The number of carbonyl (C=O) groups excluding carboxylic acids is 2. The Bertz CT molecular complexity index is 937. The zero-order chi connectivity index (χ0) is 21.3. The molecule has 2 aromatic rings. The number of amides is 2. The SMILES string of the molecule is O=C1C(=O)N(C2CCCCC2)CCN1Cc1nc(-c2cccc(C(F)(F)F)c2)no1. The summed E-state index contributed by atoms with van der Waals surface area (Å²) in [5.74, 6) is -1.08. The molecule has 1 aliphatic heterocycles. The molecule has 1 aromatic carbocycles. The quantitative estimate of drug-likeness (QED) is 0.707. The highest BCUT2D eigenvalue weighted by Gasteiger charge is 2.37. The zero-order valence-corrected chi connectivity index (χ0v) is 16.2. The third-order valence-electron chi connectivity index (χ3n) is 5.60. The number of nitrogens with zero attached hydrogens (tertiary/aromatic N) is 4. The van der Waals surface area contributed by atoms with Crippen molar-refractivity contribution in [3.05, 3.63) is 35.7 Å². The van der Waals surface area contributed by atoms with E-state index in [2.05, 4.69) is 10.1 Å². The zero-order valence-electron chi connectivity index (χ0n) is 16.2. The predicted molar refractivity (Wildman–Crippen MR) is 98.7 cm³/mol. The van der Waals surface area contributed by atoms with Crippen LogP contribution in [0.2, 0.25) is 0 Å². The van der Waals surface area contributed by atoms with Crippen LogP contribution in [0.5, 0.6) is 0 Å². The summed E-state index contributed by atoms with van der Waals surface area (Å²) in [7, 11) is 0. The summed E-state index contributed by atoms with van der Waals surface area (Å²) >= 11 is 0. The van der Waals surface area contributed by atoms with Gasteiger partial charge in [0.05, 0.1) is 5.56 Å². The molecule has 1 aromatic heterocycles. The van der Waals surface area contributed by atoms with E-state index in [1.807, 2.05) is 0 Å². The summed E-state index contributed by atoms with van der Waals surface area (Å²) in [5, 5.41) is 3.72. The highest BCUT2D eigenvalue weighted by molar-refractivity contribution is 6.35. The molecule has 10 heteroatoms. The average molecular weight is 422 g/mol. The van der Waals surface area contributed by atoms with Gasteiger partial charge in [-0.05, 0) is 25.0 Å². The van der Waals surface area contributed by atoms with Crippen molar-refractivity contribution in [2.24, 2.45) is 0 Å². The molecule has 0 unspecified atom stereocenters. The van der Waals surface area contributed by atoms with Crippen molar-refractivity contribution in [1.82, 2.24) is 19.9 Å². The molecule has 0 spiro atoms. The lowest BCUT2D eigenvalue weighted by atomic mass is 9.93. The Morgan fingerprint density at radius 1 is 1.07 bits per heavy atom. The van der Waals surface area contributed by atoms with E-state index in [4.69, 9.17) is 4.52 Å². The third-order valence-corrected chi connectivity index (χ3v) is 5.60. The van der Waals surface area contributed by atoms with E-state index in [9.17, 15) is 22.8 Å². The van der Waals surface area contributed by atoms with Gasteiger partial charge in [-0.25, -0.2) is 0 Å². The summed E-state index contributed by atoms with van der Waals surface area (Å²) in [6.45, 7) is 0.737. The van der Waals surface area contributed by atoms with E-state index < -0.39 is 23.6 Å². The topological polar surface area (TPSA) is 79.5 Å². The second kappa shape index (κ2) is 8.08. The van der Waals surface area contributed by atoms with E-state index in [1.54, 1.807) is 4.90 Å². The van der Waals surface area contributed by atoms with Crippen LogP contribution in [0.15, 0.2) is 28.8 Å². The first-order valence-electron chi connectivity index (χ1n) is 9.93. The van der Waals surface area contributed by atoms with Gasteiger partial charge in [0.2, 0.25) is 11.7 Å². The summed E-state index contributed by atoms with van der Waals surface area (Å²) in [5.41, 5.74) is -0.657. The number of rotatable bonds is 4. The average Bonchev–Trinajstić information content (AvgIpc) is 3.20. The van der Waals surface area contributed by atoms with E-state index in [0.29, 0.717) is 13.1 Å². The Labute approximate surface area is 170 Å². The molecule has 0 bridgehead atoms. The molecule has 0 radical (unpaired) electrons. The van der Waals surface area contributed by atoms with Crippen LogP contribution >= 0.6 is 0 Å². The Morgan fingerprint density at radius 2 is 1.83 bits per heavy atom. The summed E-state index contributed by atoms with van der Waals surface area (Å²) in [4.78, 5) is 32.2. The van der Waals surface area contributed by atoms with E-state index >= 15 is 0 Å². The molecule has 160 valence electrons. The summed E-state index contributed by atoms with van der Waals surface area (Å²) in [6.07, 6.45) is 0.642. The van der Waals surface area contributed by atoms with Crippen LogP contribution in [0.3, 0.4) is 0 Å². The maximum atomic E-state index is 12.9. The fourth-order valence-electron chi connectivity index (χ4n) is 4.02. The van der Waals surface area contributed by atoms with Gasteiger partial charge in [-0.1, -0.05) is 36.6 Å². The molecule has 4 rings (SSSR count).